The predicted molar refractivity (Wildman–Crippen MR) is 76.2 cm³/mol. The molecule has 1 unspecified atom stereocenters. The van der Waals surface area contributed by atoms with Crippen LogP contribution < -0.4 is 5.73 Å². The molecule has 4 heteroatoms. The predicted octanol–water partition coefficient (Wildman–Crippen LogP) is 2.83. The fraction of sp³-hybridized carbons (Fsp3) is 0.429. The van der Waals surface area contributed by atoms with Gasteiger partial charge in [-0.05, 0) is 31.0 Å². The van der Waals surface area contributed by atoms with Crippen molar-refractivity contribution >= 4 is 22.5 Å². The molecule has 1 heterocycles. The van der Waals surface area contributed by atoms with E-state index in [2.05, 4.69) is 16.8 Å². The molecule has 2 N–H and O–H groups in total. The zero-order valence-corrected chi connectivity index (χ0v) is 11.6. The lowest BCUT2D eigenvalue weighted by Gasteiger charge is -2.04. The first-order valence-electron chi connectivity index (χ1n) is 6.13. The molecule has 18 heavy (non-hydrogen) atoms. The number of rotatable bonds is 5. The number of benzene rings is 1. The summed E-state index contributed by atoms with van der Waals surface area (Å²) in [4.78, 5) is 0. The van der Waals surface area contributed by atoms with E-state index in [4.69, 9.17) is 22.1 Å². The van der Waals surface area contributed by atoms with Gasteiger partial charge in [-0.3, -0.25) is 0 Å². The number of fused-ring (bicyclic) bond motifs is 1. The first kappa shape index (κ1) is 13.4. The van der Waals surface area contributed by atoms with Crippen LogP contribution in [-0.4, -0.2) is 24.3 Å². The van der Waals surface area contributed by atoms with Crippen molar-refractivity contribution in [2.45, 2.75) is 25.9 Å². The van der Waals surface area contributed by atoms with E-state index in [9.17, 15) is 0 Å². The third-order valence-electron chi connectivity index (χ3n) is 3.01. The molecule has 98 valence electrons. The van der Waals surface area contributed by atoms with Gasteiger partial charge < -0.3 is 15.0 Å². The molecule has 0 saturated carbocycles. The lowest BCUT2D eigenvalue weighted by atomic mass is 10.1. The monoisotopic (exact) mass is 266 g/mol. The van der Waals surface area contributed by atoms with E-state index < -0.39 is 0 Å². The van der Waals surface area contributed by atoms with Crippen LogP contribution in [-0.2, 0) is 17.7 Å². The highest BCUT2D eigenvalue weighted by atomic mass is 35.5. The molecule has 0 saturated heterocycles. The number of nitrogens with two attached hydrogens (primary N) is 1. The highest BCUT2D eigenvalue weighted by molar-refractivity contribution is 6.31. The molecular formula is C14H19ClN2O. The van der Waals surface area contributed by atoms with Gasteiger partial charge in [0.25, 0.3) is 0 Å². The van der Waals surface area contributed by atoms with Crippen LogP contribution in [0.15, 0.2) is 24.4 Å². The van der Waals surface area contributed by atoms with Gasteiger partial charge in [0.2, 0.25) is 0 Å². The molecule has 0 aliphatic heterocycles. The minimum Gasteiger partial charge on any atom is -0.383 e. The summed E-state index contributed by atoms with van der Waals surface area (Å²) in [6, 6.07) is 6.15. The highest BCUT2D eigenvalue weighted by Gasteiger charge is 2.10. The average Bonchev–Trinajstić information content (AvgIpc) is 2.63. The second-order valence-corrected chi connectivity index (χ2v) is 5.12. The van der Waals surface area contributed by atoms with Crippen LogP contribution >= 0.6 is 11.6 Å². The Kier molecular flexibility index (Phi) is 4.27. The maximum absolute atomic E-state index is 6.07. The molecule has 0 spiro atoms. The first-order valence-corrected chi connectivity index (χ1v) is 6.51. The SMILES string of the molecule is COCCn1cc(CC(C)N)c2ccc(Cl)cc21. The van der Waals surface area contributed by atoms with Gasteiger partial charge in [-0.2, -0.15) is 0 Å². The van der Waals surface area contributed by atoms with Crippen molar-refractivity contribution in [3.8, 4) is 0 Å². The lowest BCUT2D eigenvalue weighted by molar-refractivity contribution is 0.188. The summed E-state index contributed by atoms with van der Waals surface area (Å²) >= 11 is 6.07. The molecule has 1 aromatic heterocycles. The zero-order chi connectivity index (χ0) is 13.1. The Labute approximate surface area is 112 Å². The van der Waals surface area contributed by atoms with Crippen molar-refractivity contribution in [3.63, 3.8) is 0 Å². The van der Waals surface area contributed by atoms with Gasteiger partial charge in [-0.15, -0.1) is 0 Å². The summed E-state index contributed by atoms with van der Waals surface area (Å²) in [7, 11) is 1.71. The van der Waals surface area contributed by atoms with Gasteiger partial charge >= 0.3 is 0 Å². The zero-order valence-electron chi connectivity index (χ0n) is 10.8. The average molecular weight is 267 g/mol. The van der Waals surface area contributed by atoms with Gasteiger partial charge in [0.1, 0.15) is 0 Å². The van der Waals surface area contributed by atoms with E-state index in [-0.39, 0.29) is 6.04 Å². The number of aromatic nitrogens is 1. The summed E-state index contributed by atoms with van der Waals surface area (Å²) in [6.45, 7) is 3.54. The van der Waals surface area contributed by atoms with Crippen LogP contribution in [0.1, 0.15) is 12.5 Å². The standard InChI is InChI=1S/C14H19ClN2O/c1-10(16)7-11-9-17(5-6-18-2)14-8-12(15)3-4-13(11)14/h3-4,8-10H,5-7,16H2,1-2H3. The van der Waals surface area contributed by atoms with E-state index >= 15 is 0 Å². The van der Waals surface area contributed by atoms with Gasteiger partial charge in [0.05, 0.1) is 6.61 Å². The Bertz CT molecular complexity index is 534. The molecule has 2 aromatic rings. The van der Waals surface area contributed by atoms with E-state index in [0.717, 1.165) is 23.5 Å². The van der Waals surface area contributed by atoms with Gasteiger partial charge in [0.15, 0.2) is 0 Å². The Balaban J connectivity index is 2.45. The second kappa shape index (κ2) is 5.74. The largest absolute Gasteiger partial charge is 0.383 e. The van der Waals surface area contributed by atoms with Crippen LogP contribution in [0.5, 0.6) is 0 Å². The second-order valence-electron chi connectivity index (χ2n) is 4.68. The van der Waals surface area contributed by atoms with Crippen molar-refractivity contribution in [2.75, 3.05) is 13.7 Å². The molecule has 2 rings (SSSR count). The van der Waals surface area contributed by atoms with Crippen molar-refractivity contribution in [3.05, 3.63) is 35.0 Å². The summed E-state index contributed by atoms with van der Waals surface area (Å²) < 4.78 is 7.32. The maximum atomic E-state index is 6.07. The fourth-order valence-electron chi connectivity index (χ4n) is 2.23. The maximum Gasteiger partial charge on any atom is 0.0641 e. The molecule has 0 aliphatic carbocycles. The molecule has 3 nitrogen and oxygen atoms in total. The Hall–Kier alpha value is -1.03. The normalized spacial score (nSPS) is 13.1. The van der Waals surface area contributed by atoms with E-state index in [1.165, 1.54) is 10.9 Å². The minimum atomic E-state index is 0.155. The third kappa shape index (κ3) is 2.86. The summed E-state index contributed by atoms with van der Waals surface area (Å²) in [6.07, 6.45) is 3.03. The Morgan fingerprint density at radius 1 is 1.44 bits per heavy atom. The quantitative estimate of drug-likeness (QED) is 0.904. The number of methoxy groups -OCH3 is 1. The number of hydrogen-bond acceptors (Lipinski definition) is 2. The minimum absolute atomic E-state index is 0.155. The molecule has 0 bridgehead atoms. The van der Waals surface area contributed by atoms with Crippen LogP contribution in [0.2, 0.25) is 5.02 Å². The van der Waals surface area contributed by atoms with Crippen LogP contribution in [0.4, 0.5) is 0 Å². The molecular weight excluding hydrogens is 248 g/mol. The Morgan fingerprint density at radius 2 is 2.22 bits per heavy atom. The van der Waals surface area contributed by atoms with Crippen molar-refractivity contribution in [1.82, 2.24) is 4.57 Å². The highest BCUT2D eigenvalue weighted by Crippen LogP contribution is 2.25. The summed E-state index contributed by atoms with van der Waals surface area (Å²) in [5.41, 5.74) is 8.31. The molecule has 1 aromatic carbocycles. The summed E-state index contributed by atoms with van der Waals surface area (Å²) in [5, 5.41) is 1.99. The van der Waals surface area contributed by atoms with Gasteiger partial charge in [0, 0.05) is 41.8 Å². The lowest BCUT2D eigenvalue weighted by Crippen LogP contribution is -2.17. The van der Waals surface area contributed by atoms with Gasteiger partial charge in [-0.1, -0.05) is 17.7 Å². The van der Waals surface area contributed by atoms with Crippen molar-refractivity contribution in [2.24, 2.45) is 5.73 Å². The molecule has 0 fully saturated rings. The van der Waals surface area contributed by atoms with Crippen LogP contribution in [0.3, 0.4) is 0 Å². The van der Waals surface area contributed by atoms with Crippen LogP contribution in [0, 0.1) is 0 Å². The number of ether oxygens (including phenoxy) is 1. The fourth-order valence-corrected chi connectivity index (χ4v) is 2.39. The van der Waals surface area contributed by atoms with Crippen molar-refractivity contribution in [1.29, 1.82) is 0 Å². The van der Waals surface area contributed by atoms with E-state index in [0.29, 0.717) is 6.61 Å². The van der Waals surface area contributed by atoms with E-state index in [1.807, 2.05) is 19.1 Å². The Morgan fingerprint density at radius 3 is 2.89 bits per heavy atom. The van der Waals surface area contributed by atoms with Crippen LogP contribution in [0.25, 0.3) is 10.9 Å². The molecule has 0 aliphatic rings. The molecule has 1 atom stereocenters. The number of hydrogen-bond donors (Lipinski definition) is 1. The number of halogens is 1. The topological polar surface area (TPSA) is 40.2 Å². The number of nitrogens with zero attached hydrogens (tertiary/aromatic N) is 1. The van der Waals surface area contributed by atoms with Crippen molar-refractivity contribution < 1.29 is 4.74 Å². The third-order valence-corrected chi connectivity index (χ3v) is 3.24. The molecule has 0 radical (unpaired) electrons. The van der Waals surface area contributed by atoms with E-state index in [1.54, 1.807) is 7.11 Å². The molecule has 0 amide bonds. The summed E-state index contributed by atoms with van der Waals surface area (Å²) in [5.74, 6) is 0. The van der Waals surface area contributed by atoms with Gasteiger partial charge in [-0.25, -0.2) is 0 Å². The smallest absolute Gasteiger partial charge is 0.0641 e. The first-order chi connectivity index (χ1) is 8.61.